The number of benzene rings is 2. The third-order valence-electron chi connectivity index (χ3n) is 3.24. The summed E-state index contributed by atoms with van der Waals surface area (Å²) in [4.78, 5) is 23.6. The molecule has 0 aliphatic carbocycles. The van der Waals surface area contributed by atoms with E-state index in [1.54, 1.807) is 44.6 Å². The third-order valence-corrected chi connectivity index (χ3v) is 4.04. The minimum Gasteiger partial charge on any atom is -0.493 e. The van der Waals surface area contributed by atoms with Gasteiger partial charge in [-0.1, -0.05) is 18.2 Å². The van der Waals surface area contributed by atoms with Gasteiger partial charge in [-0.2, -0.15) is 5.10 Å². The molecule has 0 spiro atoms. The Labute approximate surface area is 164 Å². The van der Waals surface area contributed by atoms with Crippen molar-refractivity contribution in [3.05, 3.63) is 51.6 Å². The van der Waals surface area contributed by atoms with E-state index in [9.17, 15) is 9.59 Å². The van der Waals surface area contributed by atoms with Crippen LogP contribution in [-0.4, -0.2) is 32.2 Å². The van der Waals surface area contributed by atoms with Gasteiger partial charge in [-0.05, 0) is 52.4 Å². The minimum absolute atomic E-state index is 0.324. The molecule has 2 N–H and O–H groups in total. The lowest BCUT2D eigenvalue weighted by Crippen LogP contribution is -2.24. The Balaban J connectivity index is 1.90. The van der Waals surface area contributed by atoms with E-state index in [0.29, 0.717) is 17.2 Å². The van der Waals surface area contributed by atoms with Crippen LogP contribution in [0.5, 0.6) is 11.5 Å². The fourth-order valence-electron chi connectivity index (χ4n) is 2.10. The molecule has 0 aliphatic heterocycles. The van der Waals surface area contributed by atoms with E-state index in [1.165, 1.54) is 6.21 Å². The number of anilines is 1. The van der Waals surface area contributed by atoms with E-state index in [-0.39, 0.29) is 6.42 Å². The fraction of sp³-hybridized carbons (Fsp3) is 0.167. The number of hydrogen-bond acceptors (Lipinski definition) is 5. The molecule has 2 aromatic rings. The summed E-state index contributed by atoms with van der Waals surface area (Å²) in [6.45, 7) is 0. The van der Waals surface area contributed by atoms with Crippen molar-refractivity contribution in [2.75, 3.05) is 19.5 Å². The summed E-state index contributed by atoms with van der Waals surface area (Å²) in [5, 5.41) is 6.50. The zero-order valence-electron chi connectivity index (χ0n) is 14.3. The second-order valence-electron chi connectivity index (χ2n) is 5.12. The minimum atomic E-state index is -0.509. The summed E-state index contributed by atoms with van der Waals surface area (Å²) in [7, 11) is 3.11. The normalized spacial score (nSPS) is 10.4. The Morgan fingerprint density at radius 3 is 2.50 bits per heavy atom. The van der Waals surface area contributed by atoms with Crippen LogP contribution >= 0.6 is 22.6 Å². The average molecular weight is 467 g/mol. The molecular weight excluding hydrogens is 449 g/mol. The number of methoxy groups -OCH3 is 2. The molecule has 136 valence electrons. The number of halogens is 1. The number of para-hydroxylation sites is 1. The largest absolute Gasteiger partial charge is 0.493 e. The molecular formula is C18H18IN3O4. The number of hydrogen-bond donors (Lipinski definition) is 2. The van der Waals surface area contributed by atoms with Crippen LogP contribution in [0.4, 0.5) is 5.69 Å². The number of hydrazone groups is 1. The first-order valence-electron chi connectivity index (χ1n) is 7.61. The molecule has 26 heavy (non-hydrogen) atoms. The van der Waals surface area contributed by atoms with Crippen molar-refractivity contribution in [3.8, 4) is 11.5 Å². The molecule has 0 aliphatic rings. The number of carbonyl (C=O) groups excluding carboxylic acids is 2. The predicted molar refractivity (Wildman–Crippen MR) is 108 cm³/mol. The van der Waals surface area contributed by atoms with E-state index in [4.69, 9.17) is 9.47 Å². The third kappa shape index (κ3) is 5.73. The highest BCUT2D eigenvalue weighted by atomic mass is 127. The van der Waals surface area contributed by atoms with Crippen molar-refractivity contribution in [1.82, 2.24) is 5.43 Å². The maximum Gasteiger partial charge on any atom is 0.249 e. The fourth-order valence-corrected chi connectivity index (χ4v) is 2.95. The SMILES string of the molecule is COc1cc(C=NNC(=O)CC(=O)Nc2ccccc2)cc(I)c1OC. The predicted octanol–water partition coefficient (Wildman–Crippen LogP) is 2.79. The Morgan fingerprint density at radius 1 is 1.12 bits per heavy atom. The molecule has 0 saturated carbocycles. The van der Waals surface area contributed by atoms with Gasteiger partial charge < -0.3 is 14.8 Å². The first kappa shape index (κ1) is 19.7. The van der Waals surface area contributed by atoms with E-state index < -0.39 is 11.8 Å². The van der Waals surface area contributed by atoms with Gasteiger partial charge in [-0.3, -0.25) is 9.59 Å². The van der Waals surface area contributed by atoms with Crippen LogP contribution < -0.4 is 20.2 Å². The lowest BCUT2D eigenvalue weighted by Gasteiger charge is -2.10. The van der Waals surface area contributed by atoms with Crippen LogP contribution in [0, 0.1) is 3.57 Å². The van der Waals surface area contributed by atoms with Gasteiger partial charge in [0.05, 0.1) is 24.0 Å². The highest BCUT2D eigenvalue weighted by molar-refractivity contribution is 14.1. The standard InChI is InChI=1S/C18H18IN3O4/c1-25-15-9-12(8-14(19)18(15)26-2)11-20-22-17(24)10-16(23)21-13-6-4-3-5-7-13/h3-9,11H,10H2,1-2H3,(H,21,23)(H,22,24). The maximum atomic E-state index is 11.8. The zero-order valence-corrected chi connectivity index (χ0v) is 16.4. The van der Waals surface area contributed by atoms with E-state index in [1.807, 2.05) is 12.1 Å². The lowest BCUT2D eigenvalue weighted by molar-refractivity contribution is -0.126. The zero-order chi connectivity index (χ0) is 18.9. The number of amides is 2. The van der Waals surface area contributed by atoms with Gasteiger partial charge in [0.2, 0.25) is 11.8 Å². The Morgan fingerprint density at radius 2 is 1.85 bits per heavy atom. The molecule has 2 amide bonds. The van der Waals surface area contributed by atoms with Crippen LogP contribution in [0.1, 0.15) is 12.0 Å². The van der Waals surface area contributed by atoms with Crippen molar-refractivity contribution in [3.63, 3.8) is 0 Å². The lowest BCUT2D eigenvalue weighted by atomic mass is 10.2. The second kappa shape index (κ2) is 9.76. The molecule has 2 aromatic carbocycles. The summed E-state index contributed by atoms with van der Waals surface area (Å²) in [6.07, 6.45) is 1.15. The van der Waals surface area contributed by atoms with Gasteiger partial charge in [-0.25, -0.2) is 5.43 Å². The van der Waals surface area contributed by atoms with Gasteiger partial charge in [0, 0.05) is 5.69 Å². The highest BCUT2D eigenvalue weighted by Crippen LogP contribution is 2.32. The Hall–Kier alpha value is -2.62. The maximum absolute atomic E-state index is 11.8. The summed E-state index contributed by atoms with van der Waals surface area (Å²) in [5.74, 6) is 0.274. The number of rotatable bonds is 7. The topological polar surface area (TPSA) is 89.0 Å². The van der Waals surface area contributed by atoms with Crippen LogP contribution in [0.15, 0.2) is 47.6 Å². The number of nitrogens with one attached hydrogen (secondary N) is 2. The smallest absolute Gasteiger partial charge is 0.249 e. The molecule has 2 rings (SSSR count). The van der Waals surface area contributed by atoms with Gasteiger partial charge >= 0.3 is 0 Å². The first-order chi connectivity index (χ1) is 12.5. The van der Waals surface area contributed by atoms with Gasteiger partial charge in [0.1, 0.15) is 6.42 Å². The summed E-state index contributed by atoms with van der Waals surface area (Å²) < 4.78 is 11.4. The van der Waals surface area contributed by atoms with Gasteiger partial charge in [-0.15, -0.1) is 0 Å². The summed E-state index contributed by atoms with van der Waals surface area (Å²) in [6, 6.07) is 12.5. The van der Waals surface area contributed by atoms with Crippen LogP contribution in [-0.2, 0) is 9.59 Å². The number of ether oxygens (including phenoxy) is 2. The molecule has 0 atom stereocenters. The van der Waals surface area contributed by atoms with Crippen LogP contribution in [0.3, 0.4) is 0 Å². The molecule has 0 fully saturated rings. The highest BCUT2D eigenvalue weighted by Gasteiger charge is 2.10. The molecule has 0 radical (unpaired) electrons. The number of nitrogens with zero attached hydrogens (tertiary/aromatic N) is 1. The average Bonchev–Trinajstić information content (AvgIpc) is 2.61. The summed E-state index contributed by atoms with van der Waals surface area (Å²) >= 11 is 2.12. The molecule has 0 saturated heterocycles. The van der Waals surface area contributed by atoms with Gasteiger partial charge in [0.25, 0.3) is 0 Å². The molecule has 0 heterocycles. The van der Waals surface area contributed by atoms with Crippen LogP contribution in [0.2, 0.25) is 0 Å². The van der Waals surface area contributed by atoms with E-state index >= 15 is 0 Å². The monoisotopic (exact) mass is 467 g/mol. The first-order valence-corrected chi connectivity index (χ1v) is 8.69. The van der Waals surface area contributed by atoms with E-state index in [2.05, 4.69) is 38.4 Å². The molecule has 0 unspecified atom stereocenters. The Bertz CT molecular complexity index is 810. The quantitative estimate of drug-likeness (QED) is 0.284. The second-order valence-corrected chi connectivity index (χ2v) is 6.28. The molecule has 8 heteroatoms. The number of carbonyl (C=O) groups is 2. The van der Waals surface area contributed by atoms with Crippen molar-refractivity contribution in [2.24, 2.45) is 5.10 Å². The van der Waals surface area contributed by atoms with Crippen molar-refractivity contribution in [2.45, 2.75) is 6.42 Å². The van der Waals surface area contributed by atoms with Crippen LogP contribution in [0.25, 0.3) is 0 Å². The molecule has 0 bridgehead atoms. The van der Waals surface area contributed by atoms with Crippen molar-refractivity contribution in [1.29, 1.82) is 0 Å². The van der Waals surface area contributed by atoms with Crippen molar-refractivity contribution >= 4 is 46.3 Å². The summed E-state index contributed by atoms with van der Waals surface area (Å²) in [5.41, 5.74) is 3.68. The molecule has 0 aromatic heterocycles. The van der Waals surface area contributed by atoms with E-state index in [0.717, 1.165) is 9.13 Å². The Kier molecular flexibility index (Phi) is 7.39. The van der Waals surface area contributed by atoms with Crippen molar-refractivity contribution < 1.29 is 19.1 Å². The molecule has 7 nitrogen and oxygen atoms in total. The van der Waals surface area contributed by atoms with Gasteiger partial charge in [0.15, 0.2) is 11.5 Å².